The molecule has 0 bridgehead atoms. The molecule has 0 unspecified atom stereocenters. The number of fused-ring (bicyclic) bond motifs is 1. The second kappa shape index (κ2) is 7.50. The average Bonchev–Trinajstić information content (AvgIpc) is 3.49. The average molecular weight is 421 g/mol. The van der Waals surface area contributed by atoms with E-state index in [0.717, 1.165) is 36.5 Å². The van der Waals surface area contributed by atoms with Crippen molar-refractivity contribution in [1.82, 2.24) is 24.5 Å². The Morgan fingerprint density at radius 3 is 2.80 bits per heavy atom. The molecule has 0 aliphatic carbocycles. The van der Waals surface area contributed by atoms with Gasteiger partial charge in [0.05, 0.1) is 11.2 Å². The van der Waals surface area contributed by atoms with E-state index in [1.807, 2.05) is 30.7 Å². The van der Waals surface area contributed by atoms with Crippen LogP contribution < -0.4 is 10.2 Å². The lowest BCUT2D eigenvalue weighted by molar-refractivity contribution is 0.0935. The molecule has 1 aliphatic heterocycles. The molecule has 1 N–H and O–H groups in total. The molecule has 30 heavy (non-hydrogen) atoms. The van der Waals surface area contributed by atoms with Gasteiger partial charge in [0.15, 0.2) is 11.5 Å². The van der Waals surface area contributed by atoms with Crippen molar-refractivity contribution in [2.45, 2.75) is 19.4 Å². The van der Waals surface area contributed by atoms with E-state index in [9.17, 15) is 4.79 Å². The number of halogens is 1. The molecule has 1 amide bonds. The molecule has 1 aliphatic rings. The molecule has 1 atom stereocenters. The highest BCUT2D eigenvalue weighted by Crippen LogP contribution is 2.26. The van der Waals surface area contributed by atoms with Crippen LogP contribution in [0, 0.1) is 6.92 Å². The van der Waals surface area contributed by atoms with E-state index >= 15 is 0 Å². The first-order valence-electron chi connectivity index (χ1n) is 9.88. The highest BCUT2D eigenvalue weighted by molar-refractivity contribution is 6.30. The zero-order valence-corrected chi connectivity index (χ0v) is 17.3. The lowest BCUT2D eigenvalue weighted by Crippen LogP contribution is -2.37. The number of benzene rings is 1. The van der Waals surface area contributed by atoms with Crippen LogP contribution in [-0.2, 0) is 0 Å². The van der Waals surface area contributed by atoms with Gasteiger partial charge in [0.2, 0.25) is 0 Å². The van der Waals surface area contributed by atoms with E-state index in [2.05, 4.69) is 37.7 Å². The van der Waals surface area contributed by atoms with Crippen LogP contribution >= 0.6 is 11.6 Å². The van der Waals surface area contributed by atoms with Gasteiger partial charge in [-0.05, 0) is 55.3 Å². The van der Waals surface area contributed by atoms with Gasteiger partial charge in [-0.25, -0.2) is 9.67 Å². The molecule has 3 aromatic heterocycles. The van der Waals surface area contributed by atoms with Gasteiger partial charge >= 0.3 is 0 Å². The van der Waals surface area contributed by atoms with Crippen molar-refractivity contribution >= 4 is 28.8 Å². The Bertz CT molecular complexity index is 1210. The van der Waals surface area contributed by atoms with Crippen molar-refractivity contribution in [3.05, 3.63) is 77.5 Å². The third kappa shape index (κ3) is 3.41. The summed E-state index contributed by atoms with van der Waals surface area (Å²) in [5, 5.41) is 8.18. The number of amides is 1. The minimum Gasteiger partial charge on any atom is -0.353 e. The number of nitrogens with zero attached hydrogens (tertiary/aromatic N) is 5. The van der Waals surface area contributed by atoms with E-state index < -0.39 is 0 Å². The Kier molecular flexibility index (Phi) is 4.67. The van der Waals surface area contributed by atoms with Crippen LogP contribution in [0.2, 0.25) is 5.02 Å². The first kappa shape index (κ1) is 18.7. The maximum absolute atomic E-state index is 12.7. The molecule has 5 rings (SSSR count). The van der Waals surface area contributed by atoms with Gasteiger partial charge in [-0.1, -0.05) is 11.6 Å². The predicted octanol–water partition coefficient (Wildman–Crippen LogP) is 3.49. The summed E-state index contributed by atoms with van der Waals surface area (Å²) in [5.74, 6) is 0.795. The maximum atomic E-state index is 12.7. The summed E-state index contributed by atoms with van der Waals surface area (Å²) >= 11 is 5.94. The number of rotatable bonds is 4. The van der Waals surface area contributed by atoms with Gasteiger partial charge in [-0.2, -0.15) is 5.10 Å². The first-order chi connectivity index (χ1) is 14.6. The lowest BCUT2D eigenvalue weighted by Gasteiger charge is -2.19. The maximum Gasteiger partial charge on any atom is 0.272 e. The molecular formula is C22H21ClN6O. The van der Waals surface area contributed by atoms with Crippen LogP contribution in [0.15, 0.2) is 61.2 Å². The number of carbonyl (C=O) groups excluding carboxylic acids is 1. The fourth-order valence-electron chi connectivity index (χ4n) is 3.95. The molecule has 4 aromatic rings. The topological polar surface area (TPSA) is 67.5 Å². The van der Waals surface area contributed by atoms with Crippen LogP contribution in [0.1, 0.15) is 22.5 Å². The second-order valence-electron chi connectivity index (χ2n) is 7.53. The molecule has 7 nitrogen and oxygen atoms in total. The zero-order valence-electron chi connectivity index (χ0n) is 16.5. The summed E-state index contributed by atoms with van der Waals surface area (Å²) in [4.78, 5) is 19.6. The minimum atomic E-state index is -0.167. The zero-order chi connectivity index (χ0) is 20.7. The molecule has 0 spiro atoms. The molecule has 4 heterocycles. The number of aromatic nitrogens is 4. The van der Waals surface area contributed by atoms with Crippen molar-refractivity contribution in [2.24, 2.45) is 0 Å². The summed E-state index contributed by atoms with van der Waals surface area (Å²) in [6, 6.07) is 11.2. The summed E-state index contributed by atoms with van der Waals surface area (Å²) in [6.45, 7) is 3.66. The van der Waals surface area contributed by atoms with Crippen molar-refractivity contribution in [2.75, 3.05) is 18.0 Å². The molecule has 1 saturated heterocycles. The number of hydrogen-bond donors (Lipinski definition) is 1. The summed E-state index contributed by atoms with van der Waals surface area (Å²) < 4.78 is 3.76. The van der Waals surface area contributed by atoms with E-state index in [1.165, 1.54) is 5.56 Å². The van der Waals surface area contributed by atoms with Gasteiger partial charge in [0, 0.05) is 48.9 Å². The SMILES string of the molecule is Cc1ccn2ccnc(N3CC[C@H](NC(=O)c4ccn(-c5ccc(Cl)cc5)n4)C3)c12. The fraction of sp³-hybridized carbons (Fsp3) is 0.227. The lowest BCUT2D eigenvalue weighted by atomic mass is 10.2. The number of carbonyl (C=O) groups is 1. The summed E-state index contributed by atoms with van der Waals surface area (Å²) in [6.07, 6.45) is 8.46. The molecule has 152 valence electrons. The highest BCUT2D eigenvalue weighted by Gasteiger charge is 2.27. The van der Waals surface area contributed by atoms with Gasteiger partial charge in [-0.15, -0.1) is 0 Å². The number of anilines is 1. The monoisotopic (exact) mass is 420 g/mol. The van der Waals surface area contributed by atoms with Crippen LogP contribution in [0.4, 0.5) is 5.82 Å². The van der Waals surface area contributed by atoms with Gasteiger partial charge in [0.25, 0.3) is 5.91 Å². The van der Waals surface area contributed by atoms with Crippen LogP contribution in [0.5, 0.6) is 0 Å². The molecule has 8 heteroatoms. The van der Waals surface area contributed by atoms with Crippen LogP contribution in [0.25, 0.3) is 11.2 Å². The normalized spacial score (nSPS) is 16.3. The van der Waals surface area contributed by atoms with Crippen LogP contribution in [-0.4, -0.2) is 44.2 Å². The van der Waals surface area contributed by atoms with Crippen molar-refractivity contribution in [3.8, 4) is 5.69 Å². The highest BCUT2D eigenvalue weighted by atomic mass is 35.5. The third-order valence-corrected chi connectivity index (χ3v) is 5.74. The van der Waals surface area contributed by atoms with E-state index in [4.69, 9.17) is 11.6 Å². The second-order valence-corrected chi connectivity index (χ2v) is 7.97. The van der Waals surface area contributed by atoms with Crippen molar-refractivity contribution in [3.63, 3.8) is 0 Å². The minimum absolute atomic E-state index is 0.0514. The standard InChI is InChI=1S/C22H21ClN6O/c1-15-6-10-27-13-9-24-21(20(15)27)28-11-7-17(14-28)25-22(30)19-8-12-29(26-19)18-4-2-16(23)3-5-18/h2-6,8-10,12-13,17H,7,11,14H2,1H3,(H,25,30)/t17-/m0/s1. The number of hydrogen-bond acceptors (Lipinski definition) is 4. The Labute approximate surface area is 178 Å². The Morgan fingerprint density at radius 1 is 1.13 bits per heavy atom. The third-order valence-electron chi connectivity index (χ3n) is 5.49. The molecule has 1 fully saturated rings. The quantitative estimate of drug-likeness (QED) is 0.548. The van der Waals surface area contributed by atoms with Crippen molar-refractivity contribution in [1.29, 1.82) is 0 Å². The van der Waals surface area contributed by atoms with Crippen LogP contribution in [0.3, 0.4) is 0 Å². The van der Waals surface area contributed by atoms with Gasteiger partial charge in [0.1, 0.15) is 0 Å². The smallest absolute Gasteiger partial charge is 0.272 e. The van der Waals surface area contributed by atoms with Gasteiger partial charge < -0.3 is 14.6 Å². The molecule has 0 saturated carbocycles. The van der Waals surface area contributed by atoms with E-state index in [0.29, 0.717) is 10.7 Å². The Balaban J connectivity index is 1.27. The molecule has 0 radical (unpaired) electrons. The molecular weight excluding hydrogens is 400 g/mol. The number of aryl methyl sites for hydroxylation is 1. The summed E-state index contributed by atoms with van der Waals surface area (Å²) in [7, 11) is 0. The van der Waals surface area contributed by atoms with Crippen molar-refractivity contribution < 1.29 is 4.79 Å². The summed E-state index contributed by atoms with van der Waals surface area (Å²) in [5.41, 5.74) is 3.56. The first-order valence-corrected chi connectivity index (χ1v) is 10.3. The number of nitrogens with one attached hydrogen (secondary N) is 1. The fourth-order valence-corrected chi connectivity index (χ4v) is 4.07. The Hall–Kier alpha value is -3.32. The van der Waals surface area contributed by atoms with Gasteiger partial charge in [-0.3, -0.25) is 4.79 Å². The predicted molar refractivity (Wildman–Crippen MR) is 117 cm³/mol. The molecule has 1 aromatic carbocycles. The van der Waals surface area contributed by atoms with E-state index in [-0.39, 0.29) is 11.9 Å². The largest absolute Gasteiger partial charge is 0.353 e. The van der Waals surface area contributed by atoms with E-state index in [1.54, 1.807) is 29.1 Å². The Morgan fingerprint density at radius 2 is 1.97 bits per heavy atom.